The molecule has 1 aromatic heterocycles. The third kappa shape index (κ3) is 3.70. The molecule has 4 rings (SSSR count). The van der Waals surface area contributed by atoms with Crippen LogP contribution in [0.25, 0.3) is 0 Å². The molecule has 0 aromatic carbocycles. The van der Waals surface area contributed by atoms with E-state index in [9.17, 15) is 0 Å². The highest BCUT2D eigenvalue weighted by Crippen LogP contribution is 2.37. The first-order valence-electron chi connectivity index (χ1n) is 10.6. The van der Waals surface area contributed by atoms with Gasteiger partial charge in [-0.3, -0.25) is 9.88 Å². The molecule has 0 N–H and O–H groups in total. The first-order valence-corrected chi connectivity index (χ1v) is 10.6. The Morgan fingerprint density at radius 3 is 2.25 bits per heavy atom. The second-order valence-corrected chi connectivity index (χ2v) is 9.39. The standard InChI is InChI=1S/C21H34BN3O3/c1-15(26-6)19-18(22-27-20(2,3)21(4,5)28-22)13-17(14-23-19)25-11-9-24(10-12-25)16-7-8-16/h13-16H,7-12H2,1-6H3/t15-/m0/s1. The van der Waals surface area contributed by atoms with E-state index in [1.807, 2.05) is 13.1 Å². The molecular weight excluding hydrogens is 353 g/mol. The van der Waals surface area contributed by atoms with Crippen LogP contribution in [0.15, 0.2) is 12.3 Å². The molecule has 154 valence electrons. The highest BCUT2D eigenvalue weighted by molar-refractivity contribution is 6.62. The molecule has 3 heterocycles. The summed E-state index contributed by atoms with van der Waals surface area (Å²) < 4.78 is 18.3. The quantitative estimate of drug-likeness (QED) is 0.723. The summed E-state index contributed by atoms with van der Waals surface area (Å²) in [5, 5.41) is 0. The van der Waals surface area contributed by atoms with E-state index in [0.717, 1.165) is 49.1 Å². The smallest absolute Gasteiger partial charge is 0.399 e. The summed E-state index contributed by atoms with van der Waals surface area (Å²) in [5.74, 6) is 0. The predicted octanol–water partition coefficient (Wildman–Crippen LogP) is 2.37. The largest absolute Gasteiger partial charge is 0.496 e. The Morgan fingerprint density at radius 1 is 1.11 bits per heavy atom. The van der Waals surface area contributed by atoms with Crippen LogP contribution < -0.4 is 10.4 Å². The summed E-state index contributed by atoms with van der Waals surface area (Å²) in [6, 6.07) is 3.04. The molecule has 6 nitrogen and oxygen atoms in total. The van der Waals surface area contributed by atoms with E-state index in [-0.39, 0.29) is 17.3 Å². The Hall–Kier alpha value is -1.15. The van der Waals surface area contributed by atoms with Crippen LogP contribution in [0.3, 0.4) is 0 Å². The maximum atomic E-state index is 6.34. The zero-order valence-corrected chi connectivity index (χ0v) is 18.2. The van der Waals surface area contributed by atoms with Crippen molar-refractivity contribution in [3.63, 3.8) is 0 Å². The first-order chi connectivity index (χ1) is 13.2. The van der Waals surface area contributed by atoms with E-state index in [2.05, 4.69) is 43.6 Å². The van der Waals surface area contributed by atoms with Gasteiger partial charge < -0.3 is 18.9 Å². The highest BCUT2D eigenvalue weighted by atomic mass is 16.7. The molecular formula is C21H34BN3O3. The van der Waals surface area contributed by atoms with Gasteiger partial charge in [-0.05, 0) is 53.5 Å². The molecule has 28 heavy (non-hydrogen) atoms. The summed E-state index contributed by atoms with van der Waals surface area (Å²) in [6.07, 6.45) is 4.61. The van der Waals surface area contributed by atoms with Crippen LogP contribution in [0.5, 0.6) is 0 Å². The molecule has 2 saturated heterocycles. The second-order valence-electron chi connectivity index (χ2n) is 9.39. The number of aromatic nitrogens is 1. The Kier molecular flexibility index (Phi) is 5.23. The van der Waals surface area contributed by atoms with Gasteiger partial charge in [-0.15, -0.1) is 0 Å². The first kappa shape index (κ1) is 20.1. The van der Waals surface area contributed by atoms with E-state index in [4.69, 9.17) is 19.0 Å². The van der Waals surface area contributed by atoms with Gasteiger partial charge in [-0.1, -0.05) is 0 Å². The molecule has 7 heteroatoms. The summed E-state index contributed by atoms with van der Waals surface area (Å²) in [5.41, 5.74) is 2.26. The van der Waals surface area contributed by atoms with Crippen molar-refractivity contribution < 1.29 is 14.0 Å². The summed E-state index contributed by atoms with van der Waals surface area (Å²) in [6.45, 7) is 14.7. The monoisotopic (exact) mass is 387 g/mol. The Balaban J connectivity index is 1.59. The lowest BCUT2D eigenvalue weighted by Gasteiger charge is -2.36. The molecule has 1 aliphatic carbocycles. The molecule has 1 aromatic rings. The highest BCUT2D eigenvalue weighted by Gasteiger charge is 2.52. The normalized spacial score (nSPS) is 25.9. The predicted molar refractivity (Wildman–Crippen MR) is 112 cm³/mol. The number of hydrogen-bond donors (Lipinski definition) is 0. The minimum atomic E-state index is -0.433. The molecule has 0 bridgehead atoms. The molecule has 0 unspecified atom stereocenters. The van der Waals surface area contributed by atoms with Crippen LogP contribution in [-0.2, 0) is 14.0 Å². The van der Waals surface area contributed by atoms with Gasteiger partial charge >= 0.3 is 7.12 Å². The zero-order chi connectivity index (χ0) is 20.1. The number of piperazine rings is 1. The van der Waals surface area contributed by atoms with Crippen molar-refractivity contribution in [1.82, 2.24) is 9.88 Å². The number of methoxy groups -OCH3 is 1. The maximum Gasteiger partial charge on any atom is 0.496 e. The number of rotatable bonds is 5. The lowest BCUT2D eigenvalue weighted by atomic mass is 9.76. The van der Waals surface area contributed by atoms with Crippen LogP contribution >= 0.6 is 0 Å². The molecule has 1 atom stereocenters. The van der Waals surface area contributed by atoms with Crippen molar-refractivity contribution in [2.45, 2.75) is 70.8 Å². The van der Waals surface area contributed by atoms with Crippen LogP contribution in [0.4, 0.5) is 5.69 Å². The lowest BCUT2D eigenvalue weighted by Crippen LogP contribution is -2.48. The Bertz CT molecular complexity index is 699. The Morgan fingerprint density at radius 2 is 1.71 bits per heavy atom. The van der Waals surface area contributed by atoms with Crippen LogP contribution in [-0.4, -0.2) is 67.5 Å². The topological polar surface area (TPSA) is 47.1 Å². The SMILES string of the molecule is CO[C@@H](C)c1ncc(N2CCN(C3CC3)CC2)cc1B1OC(C)(C)C(C)(C)O1. The van der Waals surface area contributed by atoms with Gasteiger partial charge in [-0.25, -0.2) is 0 Å². The summed E-state index contributed by atoms with van der Waals surface area (Å²) >= 11 is 0. The fourth-order valence-electron chi connectivity index (χ4n) is 4.05. The van der Waals surface area contributed by atoms with E-state index in [1.165, 1.54) is 12.8 Å². The average Bonchev–Trinajstić information content (AvgIpc) is 3.48. The van der Waals surface area contributed by atoms with E-state index in [1.54, 1.807) is 7.11 Å². The zero-order valence-electron chi connectivity index (χ0n) is 18.2. The molecule has 0 spiro atoms. The van der Waals surface area contributed by atoms with Gasteiger partial charge in [0.15, 0.2) is 0 Å². The number of pyridine rings is 1. The Labute approximate surface area is 169 Å². The van der Waals surface area contributed by atoms with Gasteiger partial charge in [0.2, 0.25) is 0 Å². The molecule has 2 aliphatic heterocycles. The number of ether oxygens (including phenoxy) is 1. The molecule has 3 aliphatic rings. The van der Waals surface area contributed by atoms with E-state index in [0.29, 0.717) is 0 Å². The summed E-state index contributed by atoms with van der Waals surface area (Å²) in [4.78, 5) is 9.85. The molecule has 0 amide bonds. The molecule has 3 fully saturated rings. The number of anilines is 1. The van der Waals surface area contributed by atoms with Gasteiger partial charge in [0.25, 0.3) is 0 Å². The fraction of sp³-hybridized carbons (Fsp3) is 0.762. The molecule has 1 saturated carbocycles. The van der Waals surface area contributed by atoms with Crippen LogP contribution in [0.2, 0.25) is 0 Å². The van der Waals surface area contributed by atoms with E-state index >= 15 is 0 Å². The summed E-state index contributed by atoms with van der Waals surface area (Å²) in [7, 11) is 1.28. The lowest BCUT2D eigenvalue weighted by molar-refractivity contribution is 0.00578. The van der Waals surface area contributed by atoms with Crippen molar-refractivity contribution in [2.24, 2.45) is 0 Å². The minimum absolute atomic E-state index is 0.116. The van der Waals surface area contributed by atoms with Crippen molar-refractivity contribution in [3.8, 4) is 0 Å². The van der Waals surface area contributed by atoms with Gasteiger partial charge in [0.05, 0.1) is 34.9 Å². The van der Waals surface area contributed by atoms with Crippen molar-refractivity contribution in [2.75, 3.05) is 38.2 Å². The maximum absolute atomic E-state index is 6.34. The van der Waals surface area contributed by atoms with Crippen molar-refractivity contribution >= 4 is 18.3 Å². The van der Waals surface area contributed by atoms with Gasteiger partial charge in [0, 0.05) is 44.8 Å². The average molecular weight is 387 g/mol. The van der Waals surface area contributed by atoms with Crippen LogP contribution in [0.1, 0.15) is 59.3 Å². The second kappa shape index (κ2) is 7.28. The van der Waals surface area contributed by atoms with Crippen molar-refractivity contribution in [1.29, 1.82) is 0 Å². The van der Waals surface area contributed by atoms with Gasteiger partial charge in [-0.2, -0.15) is 0 Å². The third-order valence-electron chi connectivity index (χ3n) is 6.92. The minimum Gasteiger partial charge on any atom is -0.399 e. The van der Waals surface area contributed by atoms with E-state index < -0.39 is 7.12 Å². The third-order valence-corrected chi connectivity index (χ3v) is 6.92. The fourth-order valence-corrected chi connectivity index (χ4v) is 4.05. The molecule has 0 radical (unpaired) electrons. The van der Waals surface area contributed by atoms with Crippen LogP contribution in [0, 0.1) is 0 Å². The number of hydrogen-bond acceptors (Lipinski definition) is 6. The van der Waals surface area contributed by atoms with Crippen molar-refractivity contribution in [3.05, 3.63) is 18.0 Å². The number of nitrogens with zero attached hydrogens (tertiary/aromatic N) is 3. The van der Waals surface area contributed by atoms with Gasteiger partial charge in [0.1, 0.15) is 0 Å².